The molecule has 0 spiro atoms. The van der Waals surface area contributed by atoms with Gasteiger partial charge in [-0.2, -0.15) is 0 Å². The van der Waals surface area contributed by atoms with E-state index < -0.39 is 4.92 Å². The molecule has 0 bridgehead atoms. The number of nitro benzene ring substituents is 1. The monoisotopic (exact) mass is 219 g/mol. The number of hydrogen-bond acceptors (Lipinski definition) is 3. The van der Waals surface area contributed by atoms with Crippen LogP contribution in [0.2, 0.25) is 0 Å². The molecule has 5 heteroatoms. The van der Waals surface area contributed by atoms with Crippen molar-refractivity contribution < 1.29 is 24.4 Å². The Balaban J connectivity index is 0.000001000. The Bertz CT molecular complexity index is 249. The standard InChI is InChI=1S/C6H5NO2S.Zn/c8-7(9)5-1-3-6(10)4-2-5;/h1-4,10H;. The van der Waals surface area contributed by atoms with Gasteiger partial charge in [-0.3, -0.25) is 10.1 Å². The molecule has 54 valence electrons. The fourth-order valence-corrected chi connectivity index (χ4v) is 0.723. The van der Waals surface area contributed by atoms with Gasteiger partial charge >= 0.3 is 0 Å². The second kappa shape index (κ2) is 4.47. The number of benzene rings is 1. The van der Waals surface area contributed by atoms with E-state index in [1.807, 2.05) is 0 Å². The molecule has 0 aliphatic heterocycles. The van der Waals surface area contributed by atoms with Crippen molar-refractivity contribution in [2.75, 3.05) is 0 Å². The van der Waals surface area contributed by atoms with Crippen LogP contribution >= 0.6 is 12.6 Å². The summed E-state index contributed by atoms with van der Waals surface area (Å²) >= 11 is 3.98. The van der Waals surface area contributed by atoms with E-state index in [1.165, 1.54) is 12.1 Å². The van der Waals surface area contributed by atoms with Crippen molar-refractivity contribution in [2.45, 2.75) is 4.90 Å². The minimum Gasteiger partial charge on any atom is -0.258 e. The summed E-state index contributed by atoms with van der Waals surface area (Å²) in [7, 11) is 0. The normalized spacial score (nSPS) is 8.45. The third kappa shape index (κ3) is 2.99. The molecular formula is C6H5NO2SZn. The number of rotatable bonds is 1. The minimum atomic E-state index is -0.437. The number of nitrogens with zero attached hydrogens (tertiary/aromatic N) is 1. The van der Waals surface area contributed by atoms with Gasteiger partial charge in [0.15, 0.2) is 0 Å². The minimum absolute atomic E-state index is 0. The molecule has 0 aliphatic rings. The maximum Gasteiger partial charge on any atom is 0.269 e. The van der Waals surface area contributed by atoms with Crippen LogP contribution in [0.25, 0.3) is 0 Å². The first-order valence-electron chi connectivity index (χ1n) is 2.63. The summed E-state index contributed by atoms with van der Waals surface area (Å²) in [5.74, 6) is 0. The molecule has 1 rings (SSSR count). The van der Waals surface area contributed by atoms with Crippen LogP contribution in [0.3, 0.4) is 0 Å². The fourth-order valence-electron chi connectivity index (χ4n) is 0.574. The summed E-state index contributed by atoms with van der Waals surface area (Å²) in [6.07, 6.45) is 0. The summed E-state index contributed by atoms with van der Waals surface area (Å²) < 4.78 is 0. The van der Waals surface area contributed by atoms with E-state index in [0.717, 1.165) is 4.90 Å². The molecule has 1 aromatic rings. The van der Waals surface area contributed by atoms with E-state index in [-0.39, 0.29) is 25.2 Å². The first kappa shape index (κ1) is 10.6. The summed E-state index contributed by atoms with van der Waals surface area (Å²) in [5.41, 5.74) is 0.0952. The summed E-state index contributed by atoms with van der Waals surface area (Å²) in [6.45, 7) is 0. The van der Waals surface area contributed by atoms with Gasteiger partial charge in [-0.15, -0.1) is 12.6 Å². The Morgan fingerprint density at radius 1 is 1.27 bits per heavy atom. The molecule has 11 heavy (non-hydrogen) atoms. The Morgan fingerprint density at radius 3 is 2.09 bits per heavy atom. The van der Waals surface area contributed by atoms with Crippen molar-refractivity contribution in [3.05, 3.63) is 34.4 Å². The zero-order chi connectivity index (χ0) is 7.56. The molecule has 0 saturated heterocycles. The second-order valence-corrected chi connectivity index (χ2v) is 2.29. The molecule has 3 nitrogen and oxygen atoms in total. The largest absolute Gasteiger partial charge is 0.269 e. The zero-order valence-electron chi connectivity index (χ0n) is 5.73. The van der Waals surface area contributed by atoms with Gasteiger partial charge in [0.1, 0.15) is 0 Å². The molecule has 0 heterocycles. The van der Waals surface area contributed by atoms with E-state index in [4.69, 9.17) is 0 Å². The average molecular weight is 221 g/mol. The molecule has 0 aromatic heterocycles. The van der Waals surface area contributed by atoms with E-state index >= 15 is 0 Å². The van der Waals surface area contributed by atoms with Gasteiger partial charge < -0.3 is 0 Å². The van der Waals surface area contributed by atoms with Crippen LogP contribution in [0.5, 0.6) is 0 Å². The van der Waals surface area contributed by atoms with E-state index in [0.29, 0.717) is 0 Å². The van der Waals surface area contributed by atoms with Gasteiger partial charge in [0.25, 0.3) is 5.69 Å². The van der Waals surface area contributed by atoms with Crippen molar-refractivity contribution in [1.82, 2.24) is 0 Å². The molecule has 0 aliphatic carbocycles. The van der Waals surface area contributed by atoms with Crippen LogP contribution in [0.4, 0.5) is 5.69 Å². The molecule has 0 radical (unpaired) electrons. The maximum absolute atomic E-state index is 10.1. The molecule has 0 unspecified atom stereocenters. The summed E-state index contributed by atoms with van der Waals surface area (Å²) in [5, 5.41) is 10.1. The van der Waals surface area contributed by atoms with Crippen LogP contribution < -0.4 is 0 Å². The molecular weight excluding hydrogens is 216 g/mol. The molecule has 0 saturated carbocycles. The van der Waals surface area contributed by atoms with E-state index in [2.05, 4.69) is 12.6 Å². The Hall–Kier alpha value is -0.407. The molecule has 0 amide bonds. The number of nitro groups is 1. The van der Waals surface area contributed by atoms with Gasteiger partial charge in [-0.25, -0.2) is 0 Å². The van der Waals surface area contributed by atoms with Gasteiger partial charge in [0.2, 0.25) is 0 Å². The van der Waals surface area contributed by atoms with Crippen molar-refractivity contribution in [1.29, 1.82) is 0 Å². The molecule has 0 N–H and O–H groups in total. The SMILES string of the molecule is O=[N+]([O-])c1ccc(S)cc1.[Zn]. The van der Waals surface area contributed by atoms with Crippen molar-refractivity contribution in [3.63, 3.8) is 0 Å². The summed E-state index contributed by atoms with van der Waals surface area (Å²) in [4.78, 5) is 10.4. The first-order valence-corrected chi connectivity index (χ1v) is 3.08. The van der Waals surface area contributed by atoms with Gasteiger partial charge in [0, 0.05) is 36.5 Å². The van der Waals surface area contributed by atoms with Crippen LogP contribution in [0, 0.1) is 10.1 Å². The Labute approximate surface area is 82.1 Å². The van der Waals surface area contributed by atoms with Crippen LogP contribution in [-0.2, 0) is 19.5 Å². The van der Waals surface area contributed by atoms with Crippen LogP contribution in [0.15, 0.2) is 29.2 Å². The topological polar surface area (TPSA) is 43.1 Å². The number of non-ortho nitro benzene ring substituents is 1. The van der Waals surface area contributed by atoms with E-state index in [1.54, 1.807) is 12.1 Å². The Morgan fingerprint density at radius 2 is 1.73 bits per heavy atom. The van der Waals surface area contributed by atoms with Gasteiger partial charge in [0.05, 0.1) is 4.92 Å². The average Bonchev–Trinajstić information content (AvgIpc) is 1.88. The van der Waals surface area contributed by atoms with Crippen LogP contribution in [-0.4, -0.2) is 4.92 Å². The van der Waals surface area contributed by atoms with Crippen molar-refractivity contribution in [3.8, 4) is 0 Å². The number of hydrogen-bond donors (Lipinski definition) is 1. The van der Waals surface area contributed by atoms with Crippen molar-refractivity contribution >= 4 is 18.3 Å². The quantitative estimate of drug-likeness (QED) is 0.340. The van der Waals surface area contributed by atoms with Crippen LogP contribution in [0.1, 0.15) is 0 Å². The number of thiol groups is 1. The molecule has 0 atom stereocenters. The summed E-state index contributed by atoms with van der Waals surface area (Å²) in [6, 6.07) is 6.01. The fraction of sp³-hybridized carbons (Fsp3) is 0. The van der Waals surface area contributed by atoms with Gasteiger partial charge in [-0.1, -0.05) is 0 Å². The molecule has 0 fully saturated rings. The molecule has 1 aromatic carbocycles. The maximum atomic E-state index is 10.1. The smallest absolute Gasteiger partial charge is 0.258 e. The first-order chi connectivity index (χ1) is 4.70. The third-order valence-corrected chi connectivity index (χ3v) is 1.36. The predicted octanol–water partition coefficient (Wildman–Crippen LogP) is 1.88. The Kier molecular flexibility index (Phi) is 4.30. The predicted molar refractivity (Wildman–Crippen MR) is 40.3 cm³/mol. The van der Waals surface area contributed by atoms with Gasteiger partial charge in [-0.05, 0) is 12.1 Å². The zero-order valence-corrected chi connectivity index (χ0v) is 9.59. The van der Waals surface area contributed by atoms with Crippen molar-refractivity contribution in [2.24, 2.45) is 0 Å². The third-order valence-electron chi connectivity index (χ3n) is 1.06. The van der Waals surface area contributed by atoms with E-state index in [9.17, 15) is 10.1 Å². The second-order valence-electron chi connectivity index (χ2n) is 1.77.